The van der Waals surface area contributed by atoms with Crippen LogP contribution < -0.4 is 5.32 Å². The monoisotopic (exact) mass is 383 g/mol. The van der Waals surface area contributed by atoms with Crippen LogP contribution in [0, 0.1) is 10.1 Å². The van der Waals surface area contributed by atoms with Gasteiger partial charge in [-0.2, -0.15) is 0 Å². The summed E-state index contributed by atoms with van der Waals surface area (Å²) in [7, 11) is 0. The van der Waals surface area contributed by atoms with Crippen molar-refractivity contribution in [2.24, 2.45) is 0 Å². The summed E-state index contributed by atoms with van der Waals surface area (Å²) in [5, 5.41) is 16.2. The highest BCUT2D eigenvalue weighted by molar-refractivity contribution is 7.22. The van der Waals surface area contributed by atoms with E-state index in [0.717, 1.165) is 27.1 Å². The number of hydrogen-bond acceptors (Lipinski definition) is 5. The van der Waals surface area contributed by atoms with Crippen LogP contribution in [0.5, 0.6) is 0 Å². The van der Waals surface area contributed by atoms with Gasteiger partial charge in [-0.3, -0.25) is 20.2 Å². The fraction of sp³-hybridized carbons (Fsp3) is 0. The maximum Gasteiger partial charge on any atom is 0.288 e. The second kappa shape index (κ2) is 6.36. The van der Waals surface area contributed by atoms with Crippen LogP contribution in [-0.2, 0) is 0 Å². The first-order valence-corrected chi connectivity index (χ1v) is 8.76. The zero-order valence-corrected chi connectivity index (χ0v) is 14.7. The minimum absolute atomic E-state index is 0.0157. The Labute approximate surface area is 156 Å². The van der Waals surface area contributed by atoms with E-state index in [2.05, 4.69) is 10.3 Å². The minimum atomic E-state index is -0.622. The number of carbonyl (C=O) groups excluding carboxylic acids is 1. The predicted molar refractivity (Wildman–Crippen MR) is 103 cm³/mol. The fourth-order valence-electron chi connectivity index (χ4n) is 2.68. The Bertz CT molecular complexity index is 1190. The van der Waals surface area contributed by atoms with Crippen LogP contribution in [0.25, 0.3) is 21.0 Å². The Hall–Kier alpha value is -3.03. The quantitative estimate of drug-likeness (QED) is 0.386. The number of aromatic nitrogens is 1. The number of nitro benzene ring substituents is 1. The van der Waals surface area contributed by atoms with E-state index in [9.17, 15) is 14.9 Å². The van der Waals surface area contributed by atoms with Crippen LogP contribution in [0.2, 0.25) is 5.02 Å². The molecule has 0 spiro atoms. The Morgan fingerprint density at radius 1 is 1.15 bits per heavy atom. The second-order valence-corrected chi connectivity index (χ2v) is 6.97. The van der Waals surface area contributed by atoms with Crippen molar-refractivity contribution >= 4 is 60.7 Å². The third-order valence-electron chi connectivity index (χ3n) is 3.91. The Balaban J connectivity index is 1.69. The number of anilines is 1. The number of nitrogens with zero attached hydrogens (tertiary/aromatic N) is 2. The third kappa shape index (κ3) is 2.87. The van der Waals surface area contributed by atoms with Gasteiger partial charge in [0.25, 0.3) is 11.6 Å². The van der Waals surface area contributed by atoms with Gasteiger partial charge >= 0.3 is 0 Å². The van der Waals surface area contributed by atoms with E-state index in [1.165, 1.54) is 23.5 Å². The fourth-order valence-corrected chi connectivity index (χ4v) is 3.74. The van der Waals surface area contributed by atoms with Gasteiger partial charge in [-0.25, -0.2) is 4.98 Å². The minimum Gasteiger partial charge on any atom is -0.298 e. The molecule has 26 heavy (non-hydrogen) atoms. The molecule has 0 unspecified atom stereocenters. The average Bonchev–Trinajstić information content (AvgIpc) is 3.04. The highest BCUT2D eigenvalue weighted by atomic mass is 35.5. The highest BCUT2D eigenvalue weighted by Gasteiger charge is 2.17. The van der Waals surface area contributed by atoms with E-state index < -0.39 is 10.8 Å². The van der Waals surface area contributed by atoms with Gasteiger partial charge < -0.3 is 0 Å². The number of amides is 1. The Morgan fingerprint density at radius 3 is 2.77 bits per heavy atom. The molecule has 0 saturated carbocycles. The standard InChI is InChI=1S/C18H10ClN3O3S/c19-13-7-5-11(9-14(13)22(24)25)17(23)21-18-20-16-12-4-2-1-3-10(12)6-8-15(16)26-18/h1-9H,(H,20,21,23). The van der Waals surface area contributed by atoms with Gasteiger partial charge in [0.1, 0.15) is 5.02 Å². The molecule has 1 aromatic heterocycles. The van der Waals surface area contributed by atoms with E-state index in [-0.39, 0.29) is 16.3 Å². The van der Waals surface area contributed by atoms with Crippen LogP contribution in [0.4, 0.5) is 10.8 Å². The summed E-state index contributed by atoms with van der Waals surface area (Å²) < 4.78 is 0.945. The molecule has 8 heteroatoms. The summed E-state index contributed by atoms with van der Waals surface area (Å²) in [6, 6.07) is 15.8. The zero-order valence-electron chi connectivity index (χ0n) is 13.1. The number of nitro groups is 1. The number of halogens is 1. The number of fused-ring (bicyclic) bond motifs is 3. The zero-order chi connectivity index (χ0) is 18.3. The first-order valence-electron chi connectivity index (χ1n) is 7.56. The van der Waals surface area contributed by atoms with Crippen LogP contribution in [-0.4, -0.2) is 15.8 Å². The molecule has 0 radical (unpaired) electrons. The number of carbonyl (C=O) groups is 1. The van der Waals surface area contributed by atoms with Gasteiger partial charge in [0, 0.05) is 17.0 Å². The lowest BCUT2D eigenvalue weighted by atomic mass is 10.1. The molecular formula is C18H10ClN3O3S. The lowest BCUT2D eigenvalue weighted by Gasteiger charge is -2.02. The largest absolute Gasteiger partial charge is 0.298 e. The SMILES string of the molecule is O=C(Nc1nc2c(ccc3ccccc32)s1)c1ccc(Cl)c([N+](=O)[O-])c1. The summed E-state index contributed by atoms with van der Waals surface area (Å²) in [6.07, 6.45) is 0. The van der Waals surface area contributed by atoms with Crippen molar-refractivity contribution in [1.82, 2.24) is 4.98 Å². The number of rotatable bonds is 3. The van der Waals surface area contributed by atoms with Crippen molar-refractivity contribution < 1.29 is 9.72 Å². The lowest BCUT2D eigenvalue weighted by Crippen LogP contribution is -2.11. The summed E-state index contributed by atoms with van der Waals surface area (Å²) in [4.78, 5) is 27.3. The molecule has 0 aliphatic heterocycles. The molecule has 0 aliphatic carbocycles. The number of hydrogen-bond donors (Lipinski definition) is 1. The van der Waals surface area contributed by atoms with Crippen molar-refractivity contribution in [1.29, 1.82) is 0 Å². The van der Waals surface area contributed by atoms with Gasteiger partial charge in [0.2, 0.25) is 0 Å². The number of nitrogens with one attached hydrogen (secondary N) is 1. The van der Waals surface area contributed by atoms with Crippen molar-refractivity contribution in [3.05, 3.63) is 75.3 Å². The van der Waals surface area contributed by atoms with Crippen molar-refractivity contribution in [3.8, 4) is 0 Å². The molecule has 4 rings (SSSR count). The predicted octanol–water partition coefficient (Wildman–Crippen LogP) is 5.26. The van der Waals surface area contributed by atoms with Crippen molar-refractivity contribution in [3.63, 3.8) is 0 Å². The van der Waals surface area contributed by atoms with Gasteiger partial charge in [-0.1, -0.05) is 53.3 Å². The second-order valence-electron chi connectivity index (χ2n) is 5.53. The summed E-state index contributed by atoms with van der Waals surface area (Å²) >= 11 is 7.13. The molecule has 1 heterocycles. The Morgan fingerprint density at radius 2 is 1.96 bits per heavy atom. The summed E-state index contributed by atoms with van der Waals surface area (Å²) in [5.74, 6) is -0.479. The van der Waals surface area contributed by atoms with E-state index in [1.807, 2.05) is 36.4 Å². The molecule has 3 aromatic carbocycles. The number of thiazole rings is 1. The number of benzene rings is 3. The molecule has 6 nitrogen and oxygen atoms in total. The van der Waals surface area contributed by atoms with E-state index in [4.69, 9.17) is 11.6 Å². The molecule has 0 atom stereocenters. The van der Waals surface area contributed by atoms with Gasteiger partial charge in [0.15, 0.2) is 5.13 Å². The first-order chi connectivity index (χ1) is 12.5. The Kier molecular flexibility index (Phi) is 4.02. The summed E-state index contributed by atoms with van der Waals surface area (Å²) in [6.45, 7) is 0. The maximum atomic E-state index is 12.4. The topological polar surface area (TPSA) is 85.1 Å². The van der Waals surface area contributed by atoms with Crippen LogP contribution >= 0.6 is 22.9 Å². The average molecular weight is 384 g/mol. The van der Waals surface area contributed by atoms with E-state index >= 15 is 0 Å². The van der Waals surface area contributed by atoms with Crippen LogP contribution in [0.1, 0.15) is 10.4 Å². The van der Waals surface area contributed by atoms with Gasteiger partial charge in [0.05, 0.1) is 15.1 Å². The van der Waals surface area contributed by atoms with Crippen molar-refractivity contribution in [2.75, 3.05) is 5.32 Å². The van der Waals surface area contributed by atoms with Crippen molar-refractivity contribution in [2.45, 2.75) is 0 Å². The molecule has 0 saturated heterocycles. The molecule has 0 fully saturated rings. The van der Waals surface area contributed by atoms with Crippen LogP contribution in [0.15, 0.2) is 54.6 Å². The molecule has 0 aliphatic rings. The third-order valence-corrected chi connectivity index (χ3v) is 5.16. The molecular weight excluding hydrogens is 374 g/mol. The van der Waals surface area contributed by atoms with Gasteiger partial charge in [-0.15, -0.1) is 0 Å². The molecule has 1 amide bonds. The smallest absolute Gasteiger partial charge is 0.288 e. The molecule has 128 valence electrons. The van der Waals surface area contributed by atoms with Crippen LogP contribution in [0.3, 0.4) is 0 Å². The molecule has 4 aromatic rings. The lowest BCUT2D eigenvalue weighted by molar-refractivity contribution is -0.384. The maximum absolute atomic E-state index is 12.4. The van der Waals surface area contributed by atoms with E-state index in [0.29, 0.717) is 5.13 Å². The molecule has 0 bridgehead atoms. The first kappa shape index (κ1) is 16.4. The normalized spacial score (nSPS) is 11.0. The molecule has 1 N–H and O–H groups in total. The highest BCUT2D eigenvalue weighted by Crippen LogP contribution is 2.32. The van der Waals surface area contributed by atoms with E-state index in [1.54, 1.807) is 0 Å². The van der Waals surface area contributed by atoms with Gasteiger partial charge in [-0.05, 0) is 23.6 Å². The summed E-state index contributed by atoms with van der Waals surface area (Å²) in [5.41, 5.74) is 0.644.